The zero-order chi connectivity index (χ0) is 32.6. The number of sulfonamides is 1. The molecule has 0 unspecified atom stereocenters. The molecule has 0 saturated heterocycles. The first-order valence-corrected chi connectivity index (χ1v) is 16.8. The van der Waals surface area contributed by atoms with Crippen molar-refractivity contribution in [1.29, 1.82) is 0 Å². The van der Waals surface area contributed by atoms with Gasteiger partial charge in [-0.15, -0.1) is 0 Å². The Morgan fingerprint density at radius 2 is 1.40 bits per heavy atom. The normalized spacial score (nSPS) is 12.0. The van der Waals surface area contributed by atoms with Gasteiger partial charge in [0, 0.05) is 29.6 Å². The fourth-order valence-corrected chi connectivity index (χ4v) is 6.75. The molecular weight excluding hydrogens is 629 g/mol. The van der Waals surface area contributed by atoms with Crippen molar-refractivity contribution < 1.29 is 18.0 Å². The van der Waals surface area contributed by atoms with Crippen LogP contribution in [0.3, 0.4) is 0 Å². The van der Waals surface area contributed by atoms with Gasteiger partial charge in [-0.3, -0.25) is 13.9 Å². The average Bonchev–Trinajstić information content (AvgIpc) is 3.02. The molecule has 236 valence electrons. The minimum Gasteiger partial charge on any atom is -0.354 e. The molecule has 4 aromatic carbocycles. The highest BCUT2D eigenvalue weighted by atomic mass is 35.5. The van der Waals surface area contributed by atoms with Gasteiger partial charge in [-0.2, -0.15) is 0 Å². The Bertz CT molecular complexity index is 1700. The summed E-state index contributed by atoms with van der Waals surface area (Å²) < 4.78 is 29.3. The van der Waals surface area contributed by atoms with E-state index >= 15 is 0 Å². The van der Waals surface area contributed by atoms with Crippen LogP contribution in [0.1, 0.15) is 30.5 Å². The Morgan fingerprint density at radius 3 is 2.00 bits per heavy atom. The summed E-state index contributed by atoms with van der Waals surface area (Å²) in [4.78, 5) is 29.8. The van der Waals surface area contributed by atoms with E-state index in [-0.39, 0.29) is 29.7 Å². The van der Waals surface area contributed by atoms with Crippen LogP contribution in [-0.4, -0.2) is 44.3 Å². The van der Waals surface area contributed by atoms with Crippen LogP contribution in [0, 0.1) is 12.8 Å². The van der Waals surface area contributed by atoms with Crippen molar-refractivity contribution in [2.24, 2.45) is 5.92 Å². The smallest absolute Gasteiger partial charge is 0.264 e. The van der Waals surface area contributed by atoms with Crippen molar-refractivity contribution >= 4 is 50.7 Å². The first-order valence-electron chi connectivity index (χ1n) is 14.6. The third kappa shape index (κ3) is 9.10. The molecule has 0 radical (unpaired) electrons. The molecule has 0 spiro atoms. The summed E-state index contributed by atoms with van der Waals surface area (Å²) in [6.45, 7) is 5.65. The molecule has 7 nitrogen and oxygen atoms in total. The highest BCUT2D eigenvalue weighted by molar-refractivity contribution is 7.92. The van der Waals surface area contributed by atoms with Crippen LogP contribution >= 0.6 is 23.2 Å². The van der Waals surface area contributed by atoms with Crippen molar-refractivity contribution in [1.82, 2.24) is 10.2 Å². The lowest BCUT2D eigenvalue weighted by Gasteiger charge is -2.34. The monoisotopic (exact) mass is 665 g/mol. The summed E-state index contributed by atoms with van der Waals surface area (Å²) >= 11 is 12.4. The van der Waals surface area contributed by atoms with E-state index in [1.165, 1.54) is 17.0 Å². The summed E-state index contributed by atoms with van der Waals surface area (Å²) in [5.74, 6) is -0.680. The molecule has 0 saturated carbocycles. The summed E-state index contributed by atoms with van der Waals surface area (Å²) in [6, 6.07) is 28.3. The molecule has 0 aliphatic rings. The summed E-state index contributed by atoms with van der Waals surface area (Å²) in [5, 5.41) is 3.96. The van der Waals surface area contributed by atoms with Crippen LogP contribution in [-0.2, 0) is 32.6 Å². The van der Waals surface area contributed by atoms with Crippen molar-refractivity contribution in [3.8, 4) is 0 Å². The van der Waals surface area contributed by atoms with Gasteiger partial charge in [0.05, 0.1) is 10.6 Å². The van der Waals surface area contributed by atoms with Gasteiger partial charge < -0.3 is 10.2 Å². The fraction of sp³-hybridized carbons (Fsp3) is 0.257. The first kappa shape index (κ1) is 34.0. The van der Waals surface area contributed by atoms with Gasteiger partial charge in [-0.1, -0.05) is 97.7 Å². The number of aryl methyl sites for hydroxylation is 1. The molecule has 0 fully saturated rings. The third-order valence-electron chi connectivity index (χ3n) is 7.26. The maximum Gasteiger partial charge on any atom is 0.264 e. The quantitative estimate of drug-likeness (QED) is 0.168. The third-order valence-corrected chi connectivity index (χ3v) is 9.52. The maximum absolute atomic E-state index is 14.5. The first-order chi connectivity index (χ1) is 21.5. The predicted octanol–water partition coefficient (Wildman–Crippen LogP) is 6.91. The van der Waals surface area contributed by atoms with E-state index in [0.29, 0.717) is 27.8 Å². The largest absolute Gasteiger partial charge is 0.354 e. The number of hydrogen-bond donors (Lipinski definition) is 1. The van der Waals surface area contributed by atoms with Crippen LogP contribution in [0.15, 0.2) is 108 Å². The minimum atomic E-state index is -4.20. The van der Waals surface area contributed by atoms with Gasteiger partial charge in [-0.05, 0) is 72.0 Å². The van der Waals surface area contributed by atoms with Crippen molar-refractivity contribution in [2.45, 2.75) is 44.7 Å². The molecule has 4 rings (SSSR count). The molecule has 0 bridgehead atoms. The number of halogens is 2. The van der Waals surface area contributed by atoms with Gasteiger partial charge in [0.2, 0.25) is 11.8 Å². The number of nitrogens with one attached hydrogen (secondary N) is 1. The number of carbonyl (C=O) groups excluding carboxylic acids is 2. The Balaban J connectivity index is 1.81. The van der Waals surface area contributed by atoms with Crippen molar-refractivity contribution in [2.75, 3.05) is 17.4 Å². The SMILES string of the molecule is Cc1cc(Cl)ccc1N(CC(=O)N(Cc1ccc(Cl)cc1)[C@H](Cc1ccccc1)C(=O)NCC(C)C)S(=O)(=O)c1ccccc1. The number of amides is 2. The van der Waals surface area contributed by atoms with Gasteiger partial charge in [-0.25, -0.2) is 8.42 Å². The highest BCUT2D eigenvalue weighted by Crippen LogP contribution is 2.29. The lowest BCUT2D eigenvalue weighted by atomic mass is 10.0. The highest BCUT2D eigenvalue weighted by Gasteiger charge is 2.35. The van der Waals surface area contributed by atoms with Gasteiger partial charge in [0.1, 0.15) is 12.6 Å². The zero-order valence-corrected chi connectivity index (χ0v) is 27.8. The van der Waals surface area contributed by atoms with Gasteiger partial charge in [0.25, 0.3) is 10.0 Å². The van der Waals surface area contributed by atoms with E-state index in [9.17, 15) is 18.0 Å². The number of anilines is 1. The molecule has 0 aromatic heterocycles. The van der Waals surface area contributed by atoms with Crippen LogP contribution in [0.25, 0.3) is 0 Å². The average molecular weight is 667 g/mol. The molecule has 1 N–H and O–H groups in total. The lowest BCUT2D eigenvalue weighted by Crippen LogP contribution is -2.53. The van der Waals surface area contributed by atoms with Crippen LogP contribution in [0.5, 0.6) is 0 Å². The van der Waals surface area contributed by atoms with Crippen molar-refractivity contribution in [3.63, 3.8) is 0 Å². The summed E-state index contributed by atoms with van der Waals surface area (Å²) in [6.07, 6.45) is 0.232. The number of hydrogen-bond acceptors (Lipinski definition) is 4. The number of carbonyl (C=O) groups is 2. The molecule has 0 aliphatic heterocycles. The molecule has 4 aromatic rings. The van der Waals surface area contributed by atoms with Crippen LogP contribution < -0.4 is 9.62 Å². The summed E-state index contributed by atoms with van der Waals surface area (Å²) in [7, 11) is -4.20. The Hall–Kier alpha value is -3.85. The van der Waals surface area contributed by atoms with Crippen molar-refractivity contribution in [3.05, 3.63) is 130 Å². The van der Waals surface area contributed by atoms with E-state index in [2.05, 4.69) is 5.32 Å². The van der Waals surface area contributed by atoms with E-state index in [1.807, 2.05) is 44.2 Å². The number of benzene rings is 4. The standard InChI is InChI=1S/C35H37Cl2N3O4S/c1-25(2)22-38-35(42)33(21-27-10-6-4-7-11-27)39(23-28-14-16-29(36)17-15-28)34(41)24-40(32-19-18-30(37)20-26(32)3)45(43,44)31-12-8-5-9-13-31/h4-20,25,33H,21-24H2,1-3H3,(H,38,42)/t33-/m1/s1. The Kier molecular flexibility index (Phi) is 11.7. The molecule has 2 amide bonds. The fourth-order valence-electron chi connectivity index (χ4n) is 4.89. The Morgan fingerprint density at radius 1 is 0.800 bits per heavy atom. The topological polar surface area (TPSA) is 86.8 Å². The second-order valence-corrected chi connectivity index (χ2v) is 14.0. The van der Waals surface area contributed by atoms with Crippen LogP contribution in [0.4, 0.5) is 5.69 Å². The molecular formula is C35H37Cl2N3O4S. The molecule has 0 heterocycles. The van der Waals surface area contributed by atoms with E-state index in [1.54, 1.807) is 67.6 Å². The number of rotatable bonds is 13. The molecule has 1 atom stereocenters. The van der Waals surface area contributed by atoms with E-state index in [0.717, 1.165) is 15.4 Å². The molecule has 10 heteroatoms. The molecule has 45 heavy (non-hydrogen) atoms. The molecule has 0 aliphatic carbocycles. The second-order valence-electron chi connectivity index (χ2n) is 11.2. The van der Waals surface area contributed by atoms with Crippen LogP contribution in [0.2, 0.25) is 10.0 Å². The predicted molar refractivity (Wildman–Crippen MR) is 181 cm³/mol. The lowest BCUT2D eigenvalue weighted by molar-refractivity contribution is -0.140. The second kappa shape index (κ2) is 15.4. The minimum absolute atomic E-state index is 0.0342. The zero-order valence-electron chi connectivity index (χ0n) is 25.5. The van der Waals surface area contributed by atoms with E-state index < -0.39 is 28.5 Å². The van der Waals surface area contributed by atoms with E-state index in [4.69, 9.17) is 23.2 Å². The van der Waals surface area contributed by atoms with Gasteiger partial charge >= 0.3 is 0 Å². The number of nitrogens with zero attached hydrogens (tertiary/aromatic N) is 2. The maximum atomic E-state index is 14.5. The van der Waals surface area contributed by atoms with Gasteiger partial charge in [0.15, 0.2) is 0 Å². The summed E-state index contributed by atoms with van der Waals surface area (Å²) in [5.41, 5.74) is 2.49. The Labute approximate surface area is 275 Å².